The topological polar surface area (TPSA) is 32.3 Å². The highest BCUT2D eigenvalue weighted by Gasteiger charge is 2.33. The van der Waals surface area contributed by atoms with E-state index in [4.69, 9.17) is 0 Å². The van der Waals surface area contributed by atoms with Crippen LogP contribution < -0.4 is 5.32 Å². The maximum Gasteiger partial charge on any atom is 0.130 e. The number of benzene rings is 1. The zero-order valence-corrected chi connectivity index (χ0v) is 12.1. The van der Waals surface area contributed by atoms with Crippen LogP contribution in [0, 0.1) is 17.6 Å². The quantitative estimate of drug-likeness (QED) is 0.885. The van der Waals surface area contributed by atoms with Crippen molar-refractivity contribution in [3.8, 4) is 0 Å². The van der Waals surface area contributed by atoms with Crippen LogP contribution in [-0.4, -0.2) is 17.3 Å². The predicted molar refractivity (Wildman–Crippen MR) is 75.4 cm³/mol. The fourth-order valence-corrected chi connectivity index (χ4v) is 3.16. The van der Waals surface area contributed by atoms with Crippen molar-refractivity contribution in [1.29, 1.82) is 0 Å². The van der Waals surface area contributed by atoms with Gasteiger partial charge in [0.15, 0.2) is 0 Å². The molecule has 1 aromatic rings. The van der Waals surface area contributed by atoms with Gasteiger partial charge < -0.3 is 10.4 Å². The molecule has 112 valence electrons. The minimum Gasteiger partial charge on any atom is -0.389 e. The Morgan fingerprint density at radius 2 is 2.05 bits per heavy atom. The normalized spacial score (nSPS) is 28.4. The first kappa shape index (κ1) is 15.4. The number of hydrogen-bond acceptors (Lipinski definition) is 2. The van der Waals surface area contributed by atoms with E-state index < -0.39 is 23.3 Å². The molecule has 1 aliphatic carbocycles. The van der Waals surface area contributed by atoms with Gasteiger partial charge >= 0.3 is 0 Å². The minimum atomic E-state index is -0.756. The molecule has 0 spiro atoms. The molecule has 1 aromatic carbocycles. The van der Waals surface area contributed by atoms with Crippen molar-refractivity contribution >= 4 is 0 Å². The number of hydrogen-bond donors (Lipinski definition) is 2. The predicted octanol–water partition coefficient (Wildman–Crippen LogP) is 3.56. The molecular formula is C16H23F2NO. The Bertz CT molecular complexity index is 446. The Kier molecular flexibility index (Phi) is 4.76. The summed E-state index contributed by atoms with van der Waals surface area (Å²) in [7, 11) is 0. The molecule has 0 radical (unpaired) electrons. The van der Waals surface area contributed by atoms with E-state index in [2.05, 4.69) is 12.2 Å². The van der Waals surface area contributed by atoms with E-state index in [9.17, 15) is 13.9 Å². The van der Waals surface area contributed by atoms with Crippen LogP contribution in [0.25, 0.3) is 0 Å². The molecule has 4 heteroatoms. The van der Waals surface area contributed by atoms with Gasteiger partial charge in [0.05, 0.1) is 5.60 Å². The fraction of sp³-hybridized carbons (Fsp3) is 0.625. The molecule has 3 atom stereocenters. The van der Waals surface area contributed by atoms with E-state index in [-0.39, 0.29) is 5.56 Å². The van der Waals surface area contributed by atoms with Crippen molar-refractivity contribution in [3.05, 3.63) is 35.4 Å². The van der Waals surface area contributed by atoms with Crippen LogP contribution >= 0.6 is 0 Å². The summed E-state index contributed by atoms with van der Waals surface area (Å²) in [5.41, 5.74) is -0.715. The smallest absolute Gasteiger partial charge is 0.130 e. The largest absolute Gasteiger partial charge is 0.389 e. The van der Waals surface area contributed by atoms with Crippen LogP contribution in [0.5, 0.6) is 0 Å². The lowest BCUT2D eigenvalue weighted by atomic mass is 9.79. The van der Waals surface area contributed by atoms with Gasteiger partial charge in [-0.15, -0.1) is 0 Å². The zero-order valence-electron chi connectivity index (χ0n) is 12.1. The monoisotopic (exact) mass is 283 g/mol. The molecule has 0 heterocycles. The van der Waals surface area contributed by atoms with Crippen LogP contribution in [0.1, 0.15) is 51.1 Å². The van der Waals surface area contributed by atoms with Crippen LogP contribution in [0.4, 0.5) is 8.78 Å². The molecule has 0 amide bonds. The van der Waals surface area contributed by atoms with Crippen molar-refractivity contribution in [2.24, 2.45) is 5.92 Å². The summed E-state index contributed by atoms with van der Waals surface area (Å²) in [5.74, 6) is -0.598. The lowest BCUT2D eigenvalue weighted by molar-refractivity contribution is -0.0135. The molecule has 0 bridgehead atoms. The molecule has 0 saturated heterocycles. The first-order valence-electron chi connectivity index (χ1n) is 7.31. The fourth-order valence-electron chi connectivity index (χ4n) is 3.16. The second kappa shape index (κ2) is 6.19. The molecule has 0 aliphatic heterocycles. The average molecular weight is 283 g/mol. The highest BCUT2D eigenvalue weighted by molar-refractivity contribution is 5.22. The summed E-state index contributed by atoms with van der Waals surface area (Å²) < 4.78 is 27.4. The summed E-state index contributed by atoms with van der Waals surface area (Å²) in [6, 6.07) is 3.41. The van der Waals surface area contributed by atoms with Gasteiger partial charge in [-0.05, 0) is 37.8 Å². The first-order chi connectivity index (χ1) is 9.41. The van der Waals surface area contributed by atoms with Crippen LogP contribution in [0.2, 0.25) is 0 Å². The molecule has 2 nitrogen and oxygen atoms in total. The second-order valence-corrected chi connectivity index (χ2v) is 6.16. The number of rotatable bonds is 4. The molecule has 3 unspecified atom stereocenters. The average Bonchev–Trinajstić information content (AvgIpc) is 2.36. The van der Waals surface area contributed by atoms with E-state index >= 15 is 0 Å². The number of halogens is 2. The Hall–Kier alpha value is -1.00. The van der Waals surface area contributed by atoms with Crippen molar-refractivity contribution in [2.45, 2.75) is 51.2 Å². The van der Waals surface area contributed by atoms with Crippen molar-refractivity contribution < 1.29 is 13.9 Å². The van der Waals surface area contributed by atoms with E-state index in [1.54, 1.807) is 6.92 Å². The van der Waals surface area contributed by atoms with Crippen molar-refractivity contribution in [3.63, 3.8) is 0 Å². The first-order valence-corrected chi connectivity index (χ1v) is 7.31. The molecule has 1 fully saturated rings. The molecule has 2 rings (SSSR count). The Labute approximate surface area is 119 Å². The van der Waals surface area contributed by atoms with Gasteiger partial charge in [-0.3, -0.25) is 0 Å². The standard InChI is InChI=1S/C16H23F2NO/c1-11-5-4-8-16(20,9-11)10-19-12(2)15-13(17)6-3-7-14(15)18/h3,6-7,11-12,19-20H,4-5,8-10H2,1-2H3. The third kappa shape index (κ3) is 3.55. The van der Waals surface area contributed by atoms with E-state index in [1.807, 2.05) is 0 Å². The maximum atomic E-state index is 13.7. The van der Waals surface area contributed by atoms with Crippen LogP contribution in [-0.2, 0) is 0 Å². The van der Waals surface area contributed by atoms with Gasteiger partial charge in [0.1, 0.15) is 11.6 Å². The van der Waals surface area contributed by atoms with Gasteiger partial charge in [-0.2, -0.15) is 0 Å². The highest BCUT2D eigenvalue weighted by atomic mass is 19.1. The highest BCUT2D eigenvalue weighted by Crippen LogP contribution is 2.32. The van der Waals surface area contributed by atoms with E-state index in [0.29, 0.717) is 12.5 Å². The molecule has 1 aliphatic rings. The SMILES string of the molecule is CC1CCCC(O)(CNC(C)c2c(F)cccc2F)C1. The van der Waals surface area contributed by atoms with Crippen molar-refractivity contribution in [1.82, 2.24) is 5.32 Å². The summed E-state index contributed by atoms with van der Waals surface area (Å²) in [4.78, 5) is 0. The summed E-state index contributed by atoms with van der Waals surface area (Å²) in [5, 5.41) is 13.6. The molecule has 2 N–H and O–H groups in total. The molecular weight excluding hydrogens is 260 g/mol. The van der Waals surface area contributed by atoms with Crippen LogP contribution in [0.3, 0.4) is 0 Å². The summed E-state index contributed by atoms with van der Waals surface area (Å²) >= 11 is 0. The Morgan fingerprint density at radius 1 is 1.40 bits per heavy atom. The van der Waals surface area contributed by atoms with Crippen molar-refractivity contribution in [2.75, 3.05) is 6.54 Å². The molecule has 1 saturated carbocycles. The van der Waals surface area contributed by atoms with Crippen LogP contribution in [0.15, 0.2) is 18.2 Å². The third-order valence-corrected chi connectivity index (χ3v) is 4.24. The van der Waals surface area contributed by atoms with Gasteiger partial charge in [-0.25, -0.2) is 8.78 Å². The van der Waals surface area contributed by atoms with E-state index in [1.165, 1.54) is 18.2 Å². The number of nitrogens with one attached hydrogen (secondary N) is 1. The lowest BCUT2D eigenvalue weighted by Gasteiger charge is -2.36. The van der Waals surface area contributed by atoms with Gasteiger partial charge in [0.2, 0.25) is 0 Å². The van der Waals surface area contributed by atoms with E-state index in [0.717, 1.165) is 25.7 Å². The van der Waals surface area contributed by atoms with Gasteiger partial charge in [0.25, 0.3) is 0 Å². The number of aliphatic hydroxyl groups is 1. The molecule has 0 aromatic heterocycles. The lowest BCUT2D eigenvalue weighted by Crippen LogP contribution is -2.44. The molecule has 20 heavy (non-hydrogen) atoms. The summed E-state index contributed by atoms with van der Waals surface area (Å²) in [6.45, 7) is 4.22. The Morgan fingerprint density at radius 3 is 2.65 bits per heavy atom. The van der Waals surface area contributed by atoms with Gasteiger partial charge in [0, 0.05) is 18.2 Å². The zero-order chi connectivity index (χ0) is 14.8. The Balaban J connectivity index is 2.00. The third-order valence-electron chi connectivity index (χ3n) is 4.24. The minimum absolute atomic E-state index is 0.0416. The maximum absolute atomic E-state index is 13.7. The second-order valence-electron chi connectivity index (χ2n) is 6.16. The van der Waals surface area contributed by atoms with Gasteiger partial charge in [-0.1, -0.05) is 25.8 Å². The summed E-state index contributed by atoms with van der Waals surface area (Å²) in [6.07, 6.45) is 3.63.